The van der Waals surface area contributed by atoms with Crippen molar-refractivity contribution in [3.63, 3.8) is 0 Å². The van der Waals surface area contributed by atoms with Crippen LogP contribution in [0.25, 0.3) is 0 Å². The quantitative estimate of drug-likeness (QED) is 0.672. The van der Waals surface area contributed by atoms with Crippen molar-refractivity contribution in [1.82, 2.24) is 4.90 Å². The number of methoxy groups -OCH3 is 2. The SMILES string of the molecule is COC(=O)C1CCC(N(C)C(=O)OC)CC1. The number of amides is 1. The van der Waals surface area contributed by atoms with Gasteiger partial charge < -0.3 is 14.4 Å². The normalized spacial score (nSPS) is 24.7. The van der Waals surface area contributed by atoms with Gasteiger partial charge >= 0.3 is 12.1 Å². The molecule has 0 heterocycles. The van der Waals surface area contributed by atoms with Crippen molar-refractivity contribution in [2.24, 2.45) is 5.92 Å². The Balaban J connectivity index is 2.42. The average molecular weight is 229 g/mol. The lowest BCUT2D eigenvalue weighted by Gasteiger charge is -2.32. The number of nitrogens with zero attached hydrogens (tertiary/aromatic N) is 1. The summed E-state index contributed by atoms with van der Waals surface area (Å²) in [5.41, 5.74) is 0. The van der Waals surface area contributed by atoms with Crippen LogP contribution in [0.5, 0.6) is 0 Å². The van der Waals surface area contributed by atoms with E-state index in [9.17, 15) is 9.59 Å². The molecule has 0 aromatic rings. The summed E-state index contributed by atoms with van der Waals surface area (Å²) in [4.78, 5) is 24.2. The van der Waals surface area contributed by atoms with Crippen LogP contribution in [0, 0.1) is 5.92 Å². The van der Waals surface area contributed by atoms with Gasteiger partial charge in [-0.25, -0.2) is 4.79 Å². The molecule has 1 aliphatic rings. The van der Waals surface area contributed by atoms with Gasteiger partial charge in [0.15, 0.2) is 0 Å². The summed E-state index contributed by atoms with van der Waals surface area (Å²) in [6.07, 6.45) is 2.88. The van der Waals surface area contributed by atoms with Crippen LogP contribution in [-0.4, -0.2) is 44.3 Å². The topological polar surface area (TPSA) is 55.8 Å². The third kappa shape index (κ3) is 2.87. The first-order valence-corrected chi connectivity index (χ1v) is 5.48. The van der Waals surface area contributed by atoms with Crippen LogP contribution in [0.15, 0.2) is 0 Å². The fourth-order valence-electron chi connectivity index (χ4n) is 2.16. The molecule has 1 aliphatic carbocycles. The highest BCUT2D eigenvalue weighted by molar-refractivity contribution is 5.72. The van der Waals surface area contributed by atoms with Gasteiger partial charge in [-0.1, -0.05) is 0 Å². The summed E-state index contributed by atoms with van der Waals surface area (Å²) in [5.74, 6) is -0.147. The molecule has 5 nitrogen and oxygen atoms in total. The minimum Gasteiger partial charge on any atom is -0.469 e. The Labute approximate surface area is 95.7 Å². The molecule has 1 fully saturated rings. The van der Waals surface area contributed by atoms with E-state index in [1.807, 2.05) is 0 Å². The standard InChI is InChI=1S/C11H19NO4/c1-12(11(14)16-3)9-6-4-8(5-7-9)10(13)15-2/h8-9H,4-7H2,1-3H3. The smallest absolute Gasteiger partial charge is 0.409 e. The summed E-state index contributed by atoms with van der Waals surface area (Å²) in [6.45, 7) is 0. The molecule has 1 rings (SSSR count). The van der Waals surface area contributed by atoms with Crippen molar-refractivity contribution in [1.29, 1.82) is 0 Å². The van der Waals surface area contributed by atoms with Crippen LogP contribution < -0.4 is 0 Å². The Morgan fingerprint density at radius 2 is 1.62 bits per heavy atom. The van der Waals surface area contributed by atoms with Gasteiger partial charge in [-0.05, 0) is 25.7 Å². The number of rotatable bonds is 2. The largest absolute Gasteiger partial charge is 0.469 e. The molecule has 1 saturated carbocycles. The van der Waals surface area contributed by atoms with Gasteiger partial charge in [-0.2, -0.15) is 0 Å². The molecule has 0 aromatic heterocycles. The van der Waals surface area contributed by atoms with Crippen molar-refractivity contribution in [3.05, 3.63) is 0 Å². The Morgan fingerprint density at radius 1 is 1.06 bits per heavy atom. The maximum Gasteiger partial charge on any atom is 0.409 e. The van der Waals surface area contributed by atoms with Crippen LogP contribution in [-0.2, 0) is 14.3 Å². The van der Waals surface area contributed by atoms with Crippen LogP contribution in [0.4, 0.5) is 4.79 Å². The molecule has 0 saturated heterocycles. The first-order valence-electron chi connectivity index (χ1n) is 5.48. The summed E-state index contributed by atoms with van der Waals surface area (Å²) in [5, 5.41) is 0. The van der Waals surface area contributed by atoms with E-state index in [1.54, 1.807) is 11.9 Å². The Bertz CT molecular complexity index is 259. The average Bonchev–Trinajstić information content (AvgIpc) is 2.36. The zero-order valence-electron chi connectivity index (χ0n) is 10.1. The molecule has 92 valence electrons. The van der Waals surface area contributed by atoms with Gasteiger partial charge in [0.05, 0.1) is 20.1 Å². The van der Waals surface area contributed by atoms with E-state index in [-0.39, 0.29) is 24.0 Å². The lowest BCUT2D eigenvalue weighted by Crippen LogP contribution is -2.40. The van der Waals surface area contributed by atoms with Gasteiger partial charge in [0.25, 0.3) is 0 Å². The molecule has 1 amide bonds. The van der Waals surface area contributed by atoms with Crippen molar-refractivity contribution < 1.29 is 19.1 Å². The second kappa shape index (κ2) is 5.72. The van der Waals surface area contributed by atoms with E-state index in [2.05, 4.69) is 4.74 Å². The van der Waals surface area contributed by atoms with E-state index in [0.717, 1.165) is 25.7 Å². The van der Waals surface area contributed by atoms with Crippen LogP contribution in [0.2, 0.25) is 0 Å². The molecular formula is C11H19NO4. The molecule has 5 heteroatoms. The van der Waals surface area contributed by atoms with Gasteiger partial charge in [0, 0.05) is 13.1 Å². The summed E-state index contributed by atoms with van der Waals surface area (Å²) in [6, 6.07) is 0.174. The molecular weight excluding hydrogens is 210 g/mol. The number of carbonyl (C=O) groups is 2. The molecule has 0 unspecified atom stereocenters. The maximum absolute atomic E-state index is 11.3. The number of hydrogen-bond donors (Lipinski definition) is 0. The highest BCUT2D eigenvalue weighted by Gasteiger charge is 2.30. The highest BCUT2D eigenvalue weighted by Crippen LogP contribution is 2.28. The first-order chi connectivity index (χ1) is 7.60. The van der Waals surface area contributed by atoms with E-state index < -0.39 is 0 Å². The second-order valence-corrected chi connectivity index (χ2v) is 4.11. The predicted octanol–water partition coefficient (Wildman–Crippen LogP) is 1.42. The lowest BCUT2D eigenvalue weighted by molar-refractivity contribution is -0.146. The molecule has 0 N–H and O–H groups in total. The minimum absolute atomic E-state index is 0.00713. The monoisotopic (exact) mass is 229 g/mol. The molecule has 0 atom stereocenters. The minimum atomic E-state index is -0.318. The van der Waals surface area contributed by atoms with Crippen molar-refractivity contribution in [2.45, 2.75) is 31.7 Å². The fourth-order valence-corrected chi connectivity index (χ4v) is 2.16. The lowest BCUT2D eigenvalue weighted by atomic mass is 9.85. The zero-order chi connectivity index (χ0) is 12.1. The summed E-state index contributed by atoms with van der Waals surface area (Å²) < 4.78 is 9.37. The third-order valence-corrected chi connectivity index (χ3v) is 3.24. The van der Waals surface area contributed by atoms with Crippen LogP contribution in [0.1, 0.15) is 25.7 Å². The van der Waals surface area contributed by atoms with E-state index >= 15 is 0 Å². The highest BCUT2D eigenvalue weighted by atomic mass is 16.5. The van der Waals surface area contributed by atoms with Crippen LogP contribution in [0.3, 0.4) is 0 Å². The summed E-state index contributed by atoms with van der Waals surface area (Å²) >= 11 is 0. The molecule has 16 heavy (non-hydrogen) atoms. The molecule has 0 bridgehead atoms. The van der Waals surface area contributed by atoms with Crippen molar-refractivity contribution in [2.75, 3.05) is 21.3 Å². The van der Waals surface area contributed by atoms with E-state index in [0.29, 0.717) is 0 Å². The number of hydrogen-bond acceptors (Lipinski definition) is 4. The molecule has 0 spiro atoms. The molecule has 0 radical (unpaired) electrons. The van der Waals surface area contributed by atoms with Crippen molar-refractivity contribution in [3.8, 4) is 0 Å². The van der Waals surface area contributed by atoms with E-state index in [1.165, 1.54) is 14.2 Å². The van der Waals surface area contributed by atoms with Crippen molar-refractivity contribution >= 4 is 12.1 Å². The third-order valence-electron chi connectivity index (χ3n) is 3.24. The Kier molecular flexibility index (Phi) is 4.58. The molecule has 0 aromatic carbocycles. The van der Waals surface area contributed by atoms with Gasteiger partial charge in [0.2, 0.25) is 0 Å². The predicted molar refractivity (Wildman–Crippen MR) is 57.9 cm³/mol. The fraction of sp³-hybridized carbons (Fsp3) is 0.818. The number of ether oxygens (including phenoxy) is 2. The zero-order valence-corrected chi connectivity index (χ0v) is 10.1. The number of carbonyl (C=O) groups excluding carboxylic acids is 2. The Hall–Kier alpha value is -1.26. The first kappa shape index (κ1) is 12.8. The maximum atomic E-state index is 11.3. The summed E-state index contributed by atoms with van der Waals surface area (Å²) in [7, 11) is 4.52. The number of esters is 1. The van der Waals surface area contributed by atoms with E-state index in [4.69, 9.17) is 4.74 Å². The second-order valence-electron chi connectivity index (χ2n) is 4.11. The Morgan fingerprint density at radius 3 is 2.06 bits per heavy atom. The van der Waals surface area contributed by atoms with Gasteiger partial charge in [-0.15, -0.1) is 0 Å². The van der Waals surface area contributed by atoms with Crippen LogP contribution >= 0.6 is 0 Å². The van der Waals surface area contributed by atoms with Gasteiger partial charge in [0.1, 0.15) is 0 Å². The van der Waals surface area contributed by atoms with Gasteiger partial charge in [-0.3, -0.25) is 4.79 Å². The molecule has 0 aliphatic heterocycles.